The van der Waals surface area contributed by atoms with Crippen LogP contribution in [0, 0.1) is 17.8 Å². The van der Waals surface area contributed by atoms with Crippen LogP contribution in [-0.4, -0.2) is 13.1 Å². The van der Waals surface area contributed by atoms with Crippen LogP contribution < -0.4 is 5.32 Å². The standard InChI is InChI=1S/C10H15N/c1-3-9(2)4-5-10-6-7-11-8-10/h3,10-11H,6-8H2,1-2H3/b9-3+. The van der Waals surface area contributed by atoms with Crippen LogP contribution in [0.25, 0.3) is 0 Å². The molecule has 60 valence electrons. The summed E-state index contributed by atoms with van der Waals surface area (Å²) in [5, 5.41) is 3.29. The molecule has 1 rings (SSSR count). The molecule has 0 aromatic heterocycles. The third-order valence-corrected chi connectivity index (χ3v) is 1.97. The van der Waals surface area contributed by atoms with Crippen molar-refractivity contribution in [3.05, 3.63) is 11.6 Å². The molecule has 0 aliphatic carbocycles. The molecule has 1 atom stereocenters. The fourth-order valence-corrected chi connectivity index (χ4v) is 1.07. The summed E-state index contributed by atoms with van der Waals surface area (Å²) >= 11 is 0. The van der Waals surface area contributed by atoms with Gasteiger partial charge < -0.3 is 5.32 Å². The van der Waals surface area contributed by atoms with Gasteiger partial charge in [-0.15, -0.1) is 0 Å². The Kier molecular flexibility index (Phi) is 3.19. The molecule has 1 fully saturated rings. The molecule has 1 aliphatic rings. The van der Waals surface area contributed by atoms with Gasteiger partial charge in [0.05, 0.1) is 0 Å². The van der Waals surface area contributed by atoms with E-state index in [-0.39, 0.29) is 0 Å². The third-order valence-electron chi connectivity index (χ3n) is 1.97. The van der Waals surface area contributed by atoms with Crippen molar-refractivity contribution in [1.29, 1.82) is 0 Å². The van der Waals surface area contributed by atoms with Crippen molar-refractivity contribution < 1.29 is 0 Å². The zero-order chi connectivity index (χ0) is 8.10. The Hall–Kier alpha value is -0.740. The lowest BCUT2D eigenvalue weighted by Gasteiger charge is -1.93. The van der Waals surface area contributed by atoms with Crippen molar-refractivity contribution in [2.24, 2.45) is 5.92 Å². The third kappa shape index (κ3) is 2.78. The first-order chi connectivity index (χ1) is 5.33. The molecular weight excluding hydrogens is 134 g/mol. The lowest BCUT2D eigenvalue weighted by atomic mass is 10.1. The minimum Gasteiger partial charge on any atom is -0.315 e. The average molecular weight is 149 g/mol. The van der Waals surface area contributed by atoms with Gasteiger partial charge in [-0.05, 0) is 32.4 Å². The molecule has 11 heavy (non-hydrogen) atoms. The molecule has 0 radical (unpaired) electrons. The second-order valence-electron chi connectivity index (χ2n) is 2.93. The highest BCUT2D eigenvalue weighted by molar-refractivity contribution is 5.27. The van der Waals surface area contributed by atoms with Gasteiger partial charge in [-0.2, -0.15) is 0 Å². The fraction of sp³-hybridized carbons (Fsp3) is 0.600. The summed E-state index contributed by atoms with van der Waals surface area (Å²) in [4.78, 5) is 0. The number of rotatable bonds is 0. The van der Waals surface area contributed by atoms with E-state index in [1.165, 1.54) is 12.0 Å². The molecule has 0 aromatic carbocycles. The van der Waals surface area contributed by atoms with Crippen molar-refractivity contribution in [1.82, 2.24) is 5.32 Å². The summed E-state index contributed by atoms with van der Waals surface area (Å²) < 4.78 is 0. The molecule has 1 heteroatoms. The summed E-state index contributed by atoms with van der Waals surface area (Å²) in [6.07, 6.45) is 3.26. The van der Waals surface area contributed by atoms with Crippen molar-refractivity contribution in [2.75, 3.05) is 13.1 Å². The van der Waals surface area contributed by atoms with Gasteiger partial charge in [0, 0.05) is 12.5 Å². The molecule has 0 spiro atoms. The molecule has 1 unspecified atom stereocenters. The van der Waals surface area contributed by atoms with Crippen LogP contribution in [-0.2, 0) is 0 Å². The van der Waals surface area contributed by atoms with Gasteiger partial charge in [0.15, 0.2) is 0 Å². The summed E-state index contributed by atoms with van der Waals surface area (Å²) in [5.74, 6) is 6.98. The Bertz CT molecular complexity index is 199. The van der Waals surface area contributed by atoms with Gasteiger partial charge in [-0.25, -0.2) is 0 Å². The van der Waals surface area contributed by atoms with E-state index in [0.717, 1.165) is 13.1 Å². The molecule has 1 heterocycles. The molecule has 1 nitrogen and oxygen atoms in total. The molecular formula is C10H15N. The maximum atomic E-state index is 3.29. The van der Waals surface area contributed by atoms with E-state index < -0.39 is 0 Å². The minimum atomic E-state index is 0.588. The quantitative estimate of drug-likeness (QED) is 0.515. The van der Waals surface area contributed by atoms with E-state index in [1.54, 1.807) is 0 Å². The summed E-state index contributed by atoms with van der Waals surface area (Å²) in [6.45, 7) is 6.28. The summed E-state index contributed by atoms with van der Waals surface area (Å²) in [7, 11) is 0. The van der Waals surface area contributed by atoms with Crippen molar-refractivity contribution in [3.8, 4) is 11.8 Å². The predicted octanol–water partition coefficient (Wildman–Crippen LogP) is 1.57. The van der Waals surface area contributed by atoms with Crippen LogP contribution in [0.1, 0.15) is 20.3 Å². The van der Waals surface area contributed by atoms with E-state index >= 15 is 0 Å². The Morgan fingerprint density at radius 1 is 1.64 bits per heavy atom. The second kappa shape index (κ2) is 4.20. The van der Waals surface area contributed by atoms with Gasteiger partial charge >= 0.3 is 0 Å². The molecule has 1 saturated heterocycles. The highest BCUT2D eigenvalue weighted by Crippen LogP contribution is 2.05. The van der Waals surface area contributed by atoms with Gasteiger partial charge in [0.25, 0.3) is 0 Å². The monoisotopic (exact) mass is 149 g/mol. The lowest BCUT2D eigenvalue weighted by Crippen LogP contribution is -2.07. The largest absolute Gasteiger partial charge is 0.315 e. The first kappa shape index (κ1) is 8.36. The molecule has 0 bridgehead atoms. The van der Waals surface area contributed by atoms with Crippen LogP contribution in [0.5, 0.6) is 0 Å². The SMILES string of the molecule is C/C=C(\C)C#CC1CCNC1. The Balaban J connectivity index is 2.42. The van der Waals surface area contributed by atoms with Crippen LogP contribution in [0.15, 0.2) is 11.6 Å². The number of hydrogen-bond donors (Lipinski definition) is 1. The minimum absolute atomic E-state index is 0.588. The fourth-order valence-electron chi connectivity index (χ4n) is 1.07. The van der Waals surface area contributed by atoms with E-state index in [2.05, 4.69) is 30.2 Å². The first-order valence-corrected chi connectivity index (χ1v) is 4.18. The summed E-state index contributed by atoms with van der Waals surface area (Å²) in [5.41, 5.74) is 1.18. The number of allylic oxidation sites excluding steroid dienone is 2. The molecule has 0 amide bonds. The van der Waals surface area contributed by atoms with Crippen LogP contribution in [0.3, 0.4) is 0 Å². The summed E-state index contributed by atoms with van der Waals surface area (Å²) in [6, 6.07) is 0. The molecule has 1 N–H and O–H groups in total. The van der Waals surface area contributed by atoms with Gasteiger partial charge in [0.1, 0.15) is 0 Å². The van der Waals surface area contributed by atoms with Gasteiger partial charge in [-0.1, -0.05) is 17.9 Å². The van der Waals surface area contributed by atoms with Crippen LogP contribution in [0.2, 0.25) is 0 Å². The van der Waals surface area contributed by atoms with Crippen molar-refractivity contribution >= 4 is 0 Å². The van der Waals surface area contributed by atoms with E-state index in [9.17, 15) is 0 Å². The zero-order valence-electron chi connectivity index (χ0n) is 7.28. The maximum Gasteiger partial charge on any atom is 0.0343 e. The van der Waals surface area contributed by atoms with Crippen molar-refractivity contribution in [3.63, 3.8) is 0 Å². The van der Waals surface area contributed by atoms with Gasteiger partial charge in [-0.3, -0.25) is 0 Å². The zero-order valence-corrected chi connectivity index (χ0v) is 7.28. The average Bonchev–Trinajstić information content (AvgIpc) is 2.52. The topological polar surface area (TPSA) is 12.0 Å². The van der Waals surface area contributed by atoms with E-state index in [0.29, 0.717) is 5.92 Å². The first-order valence-electron chi connectivity index (χ1n) is 4.18. The number of nitrogens with one attached hydrogen (secondary N) is 1. The van der Waals surface area contributed by atoms with Gasteiger partial charge in [0.2, 0.25) is 0 Å². The highest BCUT2D eigenvalue weighted by Gasteiger charge is 2.10. The van der Waals surface area contributed by atoms with E-state index in [1.807, 2.05) is 6.92 Å². The molecule has 0 saturated carbocycles. The predicted molar refractivity (Wildman–Crippen MR) is 48.2 cm³/mol. The van der Waals surface area contributed by atoms with Crippen LogP contribution in [0.4, 0.5) is 0 Å². The van der Waals surface area contributed by atoms with E-state index in [4.69, 9.17) is 0 Å². The highest BCUT2D eigenvalue weighted by atomic mass is 14.9. The normalized spacial score (nSPS) is 24.5. The second-order valence-corrected chi connectivity index (χ2v) is 2.93. The Morgan fingerprint density at radius 3 is 3.00 bits per heavy atom. The lowest BCUT2D eigenvalue weighted by molar-refractivity contribution is 0.755. The molecule has 1 aliphatic heterocycles. The van der Waals surface area contributed by atoms with Crippen LogP contribution >= 0.6 is 0 Å². The molecule has 0 aromatic rings. The Morgan fingerprint density at radius 2 is 2.45 bits per heavy atom. The smallest absolute Gasteiger partial charge is 0.0343 e. The maximum absolute atomic E-state index is 3.29. The number of hydrogen-bond acceptors (Lipinski definition) is 1. The van der Waals surface area contributed by atoms with Crippen molar-refractivity contribution in [2.45, 2.75) is 20.3 Å². The Labute approximate surface area is 68.9 Å².